The van der Waals surface area contributed by atoms with Crippen molar-refractivity contribution < 1.29 is 9.72 Å². The van der Waals surface area contributed by atoms with Crippen molar-refractivity contribution in [3.8, 4) is 0 Å². The van der Waals surface area contributed by atoms with Gasteiger partial charge in [0, 0.05) is 45.2 Å². The zero-order valence-corrected chi connectivity index (χ0v) is 11.6. The Bertz CT molecular complexity index is 496. The second kappa shape index (κ2) is 6.58. The monoisotopic (exact) mass is 277 g/mol. The van der Waals surface area contributed by atoms with Crippen LogP contribution in [-0.2, 0) is 0 Å². The number of nitro benzene ring substituents is 1. The van der Waals surface area contributed by atoms with Gasteiger partial charge in [-0.2, -0.15) is 0 Å². The summed E-state index contributed by atoms with van der Waals surface area (Å²) in [6.45, 7) is 4.55. The van der Waals surface area contributed by atoms with Gasteiger partial charge in [-0.05, 0) is 13.1 Å². The molecule has 0 spiro atoms. The van der Waals surface area contributed by atoms with Gasteiger partial charge in [-0.15, -0.1) is 0 Å². The molecule has 0 radical (unpaired) electrons. The van der Waals surface area contributed by atoms with Crippen LogP contribution >= 0.6 is 0 Å². The summed E-state index contributed by atoms with van der Waals surface area (Å²) in [7, 11) is 2.08. The number of nitro groups is 1. The number of piperazine rings is 1. The lowest BCUT2D eigenvalue weighted by Crippen LogP contribution is -2.45. The summed E-state index contributed by atoms with van der Waals surface area (Å²) < 4.78 is 0. The Morgan fingerprint density at radius 3 is 2.55 bits per heavy atom. The number of Topliss-reactive ketones (excluding diaryl/α,β-unsaturated/α-hetero) is 1. The molecule has 108 valence electrons. The number of ketones is 1. The minimum absolute atomic E-state index is 0.101. The maximum absolute atomic E-state index is 12.1. The Hall–Kier alpha value is -1.79. The van der Waals surface area contributed by atoms with E-state index in [-0.39, 0.29) is 17.0 Å². The van der Waals surface area contributed by atoms with Gasteiger partial charge in [-0.1, -0.05) is 12.1 Å². The lowest BCUT2D eigenvalue weighted by atomic mass is 10.1. The standard InChI is InChI=1S/C14H19N3O3/c1-15-8-10-16(11-9-15)7-6-14(18)12-4-2-3-5-13(12)17(19)20/h2-5H,6-11H2,1H3. The minimum Gasteiger partial charge on any atom is -0.304 e. The summed E-state index contributed by atoms with van der Waals surface area (Å²) in [4.78, 5) is 27.0. The molecule has 1 saturated heterocycles. The van der Waals surface area contributed by atoms with Gasteiger partial charge >= 0.3 is 0 Å². The van der Waals surface area contributed by atoms with Crippen molar-refractivity contribution in [2.75, 3.05) is 39.8 Å². The predicted octanol–water partition coefficient (Wildman–Crippen LogP) is 1.41. The topological polar surface area (TPSA) is 66.7 Å². The smallest absolute Gasteiger partial charge is 0.280 e. The molecule has 0 aromatic heterocycles. The largest absolute Gasteiger partial charge is 0.304 e. The molecule has 1 aliphatic rings. The van der Waals surface area contributed by atoms with Crippen LogP contribution in [0.15, 0.2) is 24.3 Å². The van der Waals surface area contributed by atoms with Gasteiger partial charge in [0.2, 0.25) is 0 Å². The molecular weight excluding hydrogens is 258 g/mol. The van der Waals surface area contributed by atoms with Gasteiger partial charge in [0.05, 0.1) is 10.5 Å². The first-order chi connectivity index (χ1) is 9.58. The summed E-state index contributed by atoms with van der Waals surface area (Å²) in [6.07, 6.45) is 0.328. The number of likely N-dealkylation sites (N-methyl/N-ethyl adjacent to an activating group) is 1. The first-order valence-corrected chi connectivity index (χ1v) is 6.75. The Morgan fingerprint density at radius 1 is 1.25 bits per heavy atom. The molecular formula is C14H19N3O3. The van der Waals surface area contributed by atoms with Crippen LogP contribution in [0.25, 0.3) is 0 Å². The molecule has 1 aliphatic heterocycles. The van der Waals surface area contributed by atoms with Gasteiger partial charge < -0.3 is 9.80 Å². The van der Waals surface area contributed by atoms with Crippen molar-refractivity contribution in [3.63, 3.8) is 0 Å². The highest BCUT2D eigenvalue weighted by atomic mass is 16.6. The Morgan fingerprint density at radius 2 is 1.90 bits per heavy atom. The van der Waals surface area contributed by atoms with E-state index in [1.54, 1.807) is 12.1 Å². The number of para-hydroxylation sites is 1. The molecule has 0 N–H and O–H groups in total. The lowest BCUT2D eigenvalue weighted by Gasteiger charge is -2.32. The Balaban J connectivity index is 1.94. The summed E-state index contributed by atoms with van der Waals surface area (Å²) >= 11 is 0. The third kappa shape index (κ3) is 3.61. The number of carbonyl (C=O) groups is 1. The van der Waals surface area contributed by atoms with E-state index in [1.807, 2.05) is 0 Å². The number of benzene rings is 1. The first kappa shape index (κ1) is 14.6. The van der Waals surface area contributed by atoms with Crippen molar-refractivity contribution in [2.45, 2.75) is 6.42 Å². The molecule has 0 amide bonds. The van der Waals surface area contributed by atoms with Gasteiger partial charge in [0.1, 0.15) is 0 Å². The second-order valence-electron chi connectivity index (χ2n) is 5.09. The van der Waals surface area contributed by atoms with Crippen LogP contribution in [0.2, 0.25) is 0 Å². The predicted molar refractivity (Wildman–Crippen MR) is 76.0 cm³/mol. The molecule has 20 heavy (non-hydrogen) atoms. The van der Waals surface area contributed by atoms with E-state index < -0.39 is 4.92 Å². The highest BCUT2D eigenvalue weighted by Gasteiger charge is 2.20. The molecule has 6 heteroatoms. The molecule has 6 nitrogen and oxygen atoms in total. The first-order valence-electron chi connectivity index (χ1n) is 6.75. The third-order valence-electron chi connectivity index (χ3n) is 3.65. The minimum atomic E-state index is -0.497. The average Bonchev–Trinajstić information content (AvgIpc) is 2.46. The van der Waals surface area contributed by atoms with Crippen LogP contribution in [0.1, 0.15) is 16.8 Å². The van der Waals surface area contributed by atoms with Crippen LogP contribution < -0.4 is 0 Å². The summed E-state index contributed by atoms with van der Waals surface area (Å²) in [6, 6.07) is 6.15. The van der Waals surface area contributed by atoms with Gasteiger partial charge in [0.15, 0.2) is 5.78 Å². The molecule has 0 aliphatic carbocycles. The van der Waals surface area contributed by atoms with Gasteiger partial charge in [0.25, 0.3) is 5.69 Å². The molecule has 2 rings (SSSR count). The summed E-state index contributed by atoms with van der Waals surface area (Å²) in [5.74, 6) is -0.156. The highest BCUT2D eigenvalue weighted by Crippen LogP contribution is 2.19. The fourth-order valence-electron chi connectivity index (χ4n) is 2.33. The van der Waals surface area contributed by atoms with Crippen LogP contribution in [0.4, 0.5) is 5.69 Å². The number of carbonyl (C=O) groups excluding carboxylic acids is 1. The number of nitrogens with zero attached hydrogens (tertiary/aromatic N) is 3. The van der Waals surface area contributed by atoms with Crippen molar-refractivity contribution in [1.29, 1.82) is 0 Å². The van der Waals surface area contributed by atoms with Crippen LogP contribution in [0.3, 0.4) is 0 Å². The normalized spacial score (nSPS) is 17.1. The summed E-state index contributed by atoms with van der Waals surface area (Å²) in [5.41, 5.74) is 0.113. The van der Waals surface area contributed by atoms with Crippen molar-refractivity contribution in [1.82, 2.24) is 9.80 Å². The molecule has 0 unspecified atom stereocenters. The Labute approximate surface area is 118 Å². The molecule has 0 atom stereocenters. The molecule has 0 saturated carbocycles. The van der Waals surface area contributed by atoms with Crippen molar-refractivity contribution in [3.05, 3.63) is 39.9 Å². The third-order valence-corrected chi connectivity index (χ3v) is 3.65. The van der Waals surface area contributed by atoms with Crippen molar-refractivity contribution >= 4 is 11.5 Å². The molecule has 1 aromatic rings. The van der Waals surface area contributed by atoms with Crippen LogP contribution in [-0.4, -0.2) is 60.3 Å². The zero-order chi connectivity index (χ0) is 14.5. The van der Waals surface area contributed by atoms with E-state index in [9.17, 15) is 14.9 Å². The zero-order valence-electron chi connectivity index (χ0n) is 11.6. The van der Waals surface area contributed by atoms with Gasteiger partial charge in [-0.3, -0.25) is 14.9 Å². The molecule has 1 aromatic carbocycles. The van der Waals surface area contributed by atoms with E-state index in [2.05, 4.69) is 16.8 Å². The van der Waals surface area contributed by atoms with Gasteiger partial charge in [-0.25, -0.2) is 0 Å². The Kier molecular flexibility index (Phi) is 4.81. The fraction of sp³-hybridized carbons (Fsp3) is 0.500. The SMILES string of the molecule is CN1CCN(CCC(=O)c2ccccc2[N+](=O)[O-])CC1. The average molecular weight is 277 g/mol. The van der Waals surface area contributed by atoms with E-state index >= 15 is 0 Å². The maximum Gasteiger partial charge on any atom is 0.280 e. The molecule has 1 fully saturated rings. The van der Waals surface area contributed by atoms with E-state index in [0.717, 1.165) is 26.2 Å². The van der Waals surface area contributed by atoms with Crippen LogP contribution in [0.5, 0.6) is 0 Å². The van der Waals surface area contributed by atoms with Crippen molar-refractivity contribution in [2.24, 2.45) is 0 Å². The van der Waals surface area contributed by atoms with E-state index in [1.165, 1.54) is 12.1 Å². The van der Waals surface area contributed by atoms with Crippen LogP contribution in [0, 0.1) is 10.1 Å². The molecule has 1 heterocycles. The van der Waals surface area contributed by atoms with E-state index in [4.69, 9.17) is 0 Å². The second-order valence-corrected chi connectivity index (χ2v) is 5.09. The number of hydrogen-bond acceptors (Lipinski definition) is 5. The highest BCUT2D eigenvalue weighted by molar-refractivity contribution is 5.99. The fourth-order valence-corrected chi connectivity index (χ4v) is 2.33. The quantitative estimate of drug-likeness (QED) is 0.462. The van der Waals surface area contributed by atoms with E-state index in [0.29, 0.717) is 13.0 Å². The number of rotatable bonds is 5. The molecule has 0 bridgehead atoms. The maximum atomic E-state index is 12.1. The summed E-state index contributed by atoms with van der Waals surface area (Å²) in [5, 5.41) is 10.9. The number of hydrogen-bond donors (Lipinski definition) is 0. The lowest BCUT2D eigenvalue weighted by molar-refractivity contribution is -0.385.